The molecule has 1 aromatic heterocycles. The van der Waals surface area contributed by atoms with Crippen LogP contribution in [0.15, 0.2) is 47.1 Å². The average Bonchev–Trinajstić information content (AvgIpc) is 3.16. The molecule has 0 unspecified atom stereocenters. The van der Waals surface area contributed by atoms with Crippen LogP contribution in [0.5, 0.6) is 0 Å². The second-order valence-electron chi connectivity index (χ2n) is 6.15. The quantitative estimate of drug-likeness (QED) is 0.559. The zero-order valence-corrected chi connectivity index (χ0v) is 15.4. The van der Waals surface area contributed by atoms with E-state index < -0.39 is 0 Å². The summed E-state index contributed by atoms with van der Waals surface area (Å²) in [5, 5.41) is 8.30. The average molecular weight is 371 g/mol. The fraction of sp³-hybridized carbons (Fsp3) is 0.350. The van der Waals surface area contributed by atoms with E-state index in [4.69, 9.17) is 4.42 Å². The Morgan fingerprint density at radius 2 is 1.78 bits per heavy atom. The van der Waals surface area contributed by atoms with Gasteiger partial charge in [0.1, 0.15) is 5.76 Å². The Balaban J connectivity index is 1.79. The molecular formula is C20H25N3O4. The van der Waals surface area contributed by atoms with Crippen LogP contribution in [0.2, 0.25) is 0 Å². The molecule has 0 bridgehead atoms. The zero-order valence-electron chi connectivity index (χ0n) is 15.4. The van der Waals surface area contributed by atoms with Gasteiger partial charge in [0.05, 0.1) is 24.1 Å². The summed E-state index contributed by atoms with van der Waals surface area (Å²) in [6.45, 7) is 2.38. The van der Waals surface area contributed by atoms with Crippen LogP contribution in [-0.4, -0.2) is 24.3 Å². The first-order valence-electron chi connectivity index (χ1n) is 9.00. The molecule has 27 heavy (non-hydrogen) atoms. The Morgan fingerprint density at radius 3 is 2.52 bits per heavy atom. The highest BCUT2D eigenvalue weighted by molar-refractivity contribution is 6.03. The molecule has 0 atom stereocenters. The number of furan rings is 1. The van der Waals surface area contributed by atoms with Gasteiger partial charge < -0.3 is 20.4 Å². The molecule has 2 rings (SSSR count). The zero-order chi connectivity index (χ0) is 19.5. The van der Waals surface area contributed by atoms with Gasteiger partial charge >= 0.3 is 0 Å². The van der Waals surface area contributed by atoms with E-state index in [0.717, 1.165) is 19.3 Å². The normalized spacial score (nSPS) is 10.3. The van der Waals surface area contributed by atoms with Gasteiger partial charge in [-0.3, -0.25) is 14.4 Å². The molecule has 0 fully saturated rings. The number of hydrogen-bond donors (Lipinski definition) is 3. The Kier molecular flexibility index (Phi) is 8.09. The molecule has 0 radical (unpaired) electrons. The SMILES string of the molecule is CC(=O)NCCCCCC(=O)Nc1ccccc1C(=O)NCc1ccco1. The maximum absolute atomic E-state index is 12.4. The van der Waals surface area contributed by atoms with Crippen molar-refractivity contribution in [2.45, 2.75) is 39.2 Å². The summed E-state index contributed by atoms with van der Waals surface area (Å²) in [7, 11) is 0. The highest BCUT2D eigenvalue weighted by atomic mass is 16.3. The van der Waals surface area contributed by atoms with E-state index in [-0.39, 0.29) is 24.3 Å². The largest absolute Gasteiger partial charge is 0.467 e. The Bertz CT molecular complexity index is 756. The number of carbonyl (C=O) groups is 3. The summed E-state index contributed by atoms with van der Waals surface area (Å²) in [5.74, 6) is 0.192. The summed E-state index contributed by atoms with van der Waals surface area (Å²) in [6, 6.07) is 10.4. The predicted molar refractivity (Wildman–Crippen MR) is 102 cm³/mol. The number of para-hydroxylation sites is 1. The molecular weight excluding hydrogens is 346 g/mol. The Hall–Kier alpha value is -3.09. The third-order valence-corrected chi connectivity index (χ3v) is 3.90. The van der Waals surface area contributed by atoms with Crippen LogP contribution in [0.4, 0.5) is 5.69 Å². The number of unbranched alkanes of at least 4 members (excludes halogenated alkanes) is 2. The molecule has 0 spiro atoms. The molecule has 3 N–H and O–H groups in total. The van der Waals surface area contributed by atoms with Gasteiger partial charge in [-0.15, -0.1) is 0 Å². The van der Waals surface area contributed by atoms with E-state index in [1.807, 2.05) is 0 Å². The number of benzene rings is 1. The van der Waals surface area contributed by atoms with Gasteiger partial charge in [0.15, 0.2) is 0 Å². The fourth-order valence-electron chi connectivity index (χ4n) is 2.53. The third-order valence-electron chi connectivity index (χ3n) is 3.90. The van der Waals surface area contributed by atoms with E-state index >= 15 is 0 Å². The molecule has 3 amide bonds. The predicted octanol–water partition coefficient (Wildman–Crippen LogP) is 2.84. The highest BCUT2D eigenvalue weighted by Gasteiger charge is 2.13. The second kappa shape index (κ2) is 10.8. The minimum atomic E-state index is -0.280. The second-order valence-corrected chi connectivity index (χ2v) is 6.15. The first-order valence-corrected chi connectivity index (χ1v) is 9.00. The van der Waals surface area contributed by atoms with Gasteiger partial charge in [-0.05, 0) is 37.1 Å². The van der Waals surface area contributed by atoms with Crippen LogP contribution in [0.3, 0.4) is 0 Å². The number of anilines is 1. The van der Waals surface area contributed by atoms with Gasteiger partial charge in [-0.2, -0.15) is 0 Å². The van der Waals surface area contributed by atoms with Crippen LogP contribution in [0.25, 0.3) is 0 Å². The summed E-state index contributed by atoms with van der Waals surface area (Å²) in [4.78, 5) is 35.3. The standard InChI is InChI=1S/C20H25N3O4/c1-15(24)21-12-6-2-3-11-19(25)23-18-10-5-4-9-17(18)20(26)22-14-16-8-7-13-27-16/h4-5,7-10,13H,2-3,6,11-12,14H2,1H3,(H,21,24)(H,22,26)(H,23,25). The van der Waals surface area contributed by atoms with E-state index in [0.29, 0.717) is 30.0 Å². The molecule has 1 aromatic carbocycles. The molecule has 7 heteroatoms. The van der Waals surface area contributed by atoms with Crippen LogP contribution in [0, 0.1) is 0 Å². The van der Waals surface area contributed by atoms with Crippen molar-refractivity contribution >= 4 is 23.4 Å². The van der Waals surface area contributed by atoms with Crippen LogP contribution >= 0.6 is 0 Å². The minimum Gasteiger partial charge on any atom is -0.467 e. The first-order chi connectivity index (χ1) is 13.1. The highest BCUT2D eigenvalue weighted by Crippen LogP contribution is 2.16. The molecule has 7 nitrogen and oxygen atoms in total. The molecule has 0 aliphatic carbocycles. The van der Waals surface area contributed by atoms with Crippen LogP contribution in [-0.2, 0) is 16.1 Å². The number of rotatable bonds is 10. The molecule has 0 aliphatic heterocycles. The maximum atomic E-state index is 12.4. The van der Waals surface area contributed by atoms with Gasteiger partial charge in [0.25, 0.3) is 5.91 Å². The van der Waals surface area contributed by atoms with Crippen molar-refractivity contribution in [1.29, 1.82) is 0 Å². The number of amides is 3. The first kappa shape index (κ1) is 20.2. The monoisotopic (exact) mass is 371 g/mol. The third kappa shape index (κ3) is 7.35. The van der Waals surface area contributed by atoms with Crippen molar-refractivity contribution in [3.05, 3.63) is 54.0 Å². The molecule has 0 aliphatic rings. The van der Waals surface area contributed by atoms with Crippen molar-refractivity contribution in [2.75, 3.05) is 11.9 Å². The summed E-state index contributed by atoms with van der Waals surface area (Å²) in [6.07, 6.45) is 4.31. The summed E-state index contributed by atoms with van der Waals surface area (Å²) >= 11 is 0. The number of carbonyl (C=O) groups excluding carboxylic acids is 3. The maximum Gasteiger partial charge on any atom is 0.253 e. The lowest BCUT2D eigenvalue weighted by molar-refractivity contribution is -0.119. The van der Waals surface area contributed by atoms with Crippen molar-refractivity contribution < 1.29 is 18.8 Å². The van der Waals surface area contributed by atoms with Gasteiger partial charge in [0.2, 0.25) is 11.8 Å². The minimum absolute atomic E-state index is 0.0466. The lowest BCUT2D eigenvalue weighted by Crippen LogP contribution is -2.24. The van der Waals surface area contributed by atoms with Crippen molar-refractivity contribution in [3.63, 3.8) is 0 Å². The van der Waals surface area contributed by atoms with Crippen LogP contribution < -0.4 is 16.0 Å². The van der Waals surface area contributed by atoms with Crippen molar-refractivity contribution in [3.8, 4) is 0 Å². The molecule has 1 heterocycles. The summed E-state index contributed by atoms with van der Waals surface area (Å²) < 4.78 is 5.19. The molecule has 144 valence electrons. The Labute approximate surface area is 158 Å². The fourth-order valence-corrected chi connectivity index (χ4v) is 2.53. The van der Waals surface area contributed by atoms with Crippen molar-refractivity contribution in [1.82, 2.24) is 10.6 Å². The van der Waals surface area contributed by atoms with E-state index in [1.54, 1.807) is 42.7 Å². The van der Waals surface area contributed by atoms with Crippen molar-refractivity contribution in [2.24, 2.45) is 0 Å². The lowest BCUT2D eigenvalue weighted by Gasteiger charge is -2.11. The number of hydrogen-bond acceptors (Lipinski definition) is 4. The molecule has 2 aromatic rings. The number of nitrogens with one attached hydrogen (secondary N) is 3. The van der Waals surface area contributed by atoms with Gasteiger partial charge in [-0.1, -0.05) is 18.6 Å². The smallest absolute Gasteiger partial charge is 0.253 e. The van der Waals surface area contributed by atoms with Gasteiger partial charge in [0, 0.05) is 19.9 Å². The van der Waals surface area contributed by atoms with Gasteiger partial charge in [-0.25, -0.2) is 0 Å². The summed E-state index contributed by atoms with van der Waals surface area (Å²) in [5.41, 5.74) is 0.890. The van der Waals surface area contributed by atoms with E-state index in [9.17, 15) is 14.4 Å². The molecule has 0 saturated carbocycles. The lowest BCUT2D eigenvalue weighted by atomic mass is 10.1. The van der Waals surface area contributed by atoms with E-state index in [1.165, 1.54) is 6.92 Å². The van der Waals surface area contributed by atoms with E-state index in [2.05, 4.69) is 16.0 Å². The molecule has 0 saturated heterocycles. The van der Waals surface area contributed by atoms with Crippen LogP contribution in [0.1, 0.15) is 48.7 Å². The Morgan fingerprint density at radius 1 is 0.963 bits per heavy atom. The topological polar surface area (TPSA) is 100 Å².